The van der Waals surface area contributed by atoms with E-state index in [0.29, 0.717) is 19.3 Å². The van der Waals surface area contributed by atoms with E-state index in [4.69, 9.17) is 4.74 Å². The number of rotatable bonds is 3. The number of nitrogens with one attached hydrogen (secondary N) is 1. The summed E-state index contributed by atoms with van der Waals surface area (Å²) in [5, 5.41) is 2.67. The van der Waals surface area contributed by atoms with E-state index in [0.717, 1.165) is 17.7 Å². The molecule has 1 N–H and O–H groups in total. The topological polar surface area (TPSA) is 102 Å². The summed E-state index contributed by atoms with van der Waals surface area (Å²) >= 11 is 0. The van der Waals surface area contributed by atoms with Crippen molar-refractivity contribution in [3.63, 3.8) is 0 Å². The largest absolute Gasteiger partial charge is 0.463 e. The van der Waals surface area contributed by atoms with Gasteiger partial charge >= 0.3 is 18.0 Å². The molecule has 21 heavy (non-hydrogen) atoms. The molecule has 114 valence electrons. The van der Waals surface area contributed by atoms with E-state index in [1.165, 1.54) is 0 Å². The first kappa shape index (κ1) is 13.8. The number of imide groups is 1. The number of carbonyl (C=O) groups is 4. The minimum Gasteiger partial charge on any atom is -0.463 e. The zero-order valence-electron chi connectivity index (χ0n) is 11.4. The van der Waals surface area contributed by atoms with E-state index in [1.807, 2.05) is 0 Å². The number of ether oxygens (including phenoxy) is 2. The number of cyclic esters (lactones) is 1. The summed E-state index contributed by atoms with van der Waals surface area (Å²) in [5.74, 6) is -1.75. The fourth-order valence-corrected chi connectivity index (χ4v) is 3.05. The fraction of sp³-hybridized carbons (Fsp3) is 0.692. The lowest BCUT2D eigenvalue weighted by molar-refractivity contribution is -0.161. The number of hydrogen-bond acceptors (Lipinski definition) is 6. The Labute approximate surface area is 120 Å². The van der Waals surface area contributed by atoms with E-state index in [2.05, 4.69) is 10.1 Å². The summed E-state index contributed by atoms with van der Waals surface area (Å²) in [7, 11) is 0. The molecule has 1 saturated carbocycles. The van der Waals surface area contributed by atoms with Crippen molar-refractivity contribution in [1.29, 1.82) is 0 Å². The third-order valence-corrected chi connectivity index (χ3v) is 4.15. The van der Waals surface area contributed by atoms with Crippen LogP contribution in [0.1, 0.15) is 32.1 Å². The standard InChI is InChI=1S/C13H16N2O6/c16-9(21-8-3-6-20-10(8)17)7-15-11(18)13(14-12(15)19)4-1-2-5-13/h8H,1-7H2,(H,14,19). The highest BCUT2D eigenvalue weighted by Gasteiger charge is 2.53. The number of nitrogens with zero attached hydrogens (tertiary/aromatic N) is 1. The van der Waals surface area contributed by atoms with Crippen LogP contribution < -0.4 is 5.32 Å². The quantitative estimate of drug-likeness (QED) is 0.567. The van der Waals surface area contributed by atoms with Gasteiger partial charge in [-0.05, 0) is 12.8 Å². The van der Waals surface area contributed by atoms with Crippen molar-refractivity contribution in [2.24, 2.45) is 0 Å². The van der Waals surface area contributed by atoms with Crippen LogP contribution in [0.3, 0.4) is 0 Å². The molecule has 3 fully saturated rings. The van der Waals surface area contributed by atoms with Crippen LogP contribution >= 0.6 is 0 Å². The van der Waals surface area contributed by atoms with Crippen molar-refractivity contribution < 1.29 is 28.7 Å². The molecule has 1 aliphatic carbocycles. The molecule has 0 aromatic carbocycles. The van der Waals surface area contributed by atoms with Gasteiger partial charge in [0, 0.05) is 6.42 Å². The Hall–Kier alpha value is -2.12. The van der Waals surface area contributed by atoms with Gasteiger partial charge in [0.05, 0.1) is 6.61 Å². The van der Waals surface area contributed by atoms with Gasteiger partial charge in [0.25, 0.3) is 5.91 Å². The Morgan fingerprint density at radius 1 is 1.33 bits per heavy atom. The monoisotopic (exact) mass is 296 g/mol. The average molecular weight is 296 g/mol. The Morgan fingerprint density at radius 3 is 2.67 bits per heavy atom. The molecule has 1 spiro atoms. The average Bonchev–Trinajstić information content (AvgIpc) is 3.10. The van der Waals surface area contributed by atoms with Gasteiger partial charge in [-0.1, -0.05) is 12.8 Å². The summed E-state index contributed by atoms with van der Waals surface area (Å²) in [6.07, 6.45) is 2.31. The van der Waals surface area contributed by atoms with Crippen molar-refractivity contribution in [2.75, 3.05) is 13.2 Å². The van der Waals surface area contributed by atoms with Crippen molar-refractivity contribution in [3.05, 3.63) is 0 Å². The van der Waals surface area contributed by atoms with Crippen LogP contribution in [0.5, 0.6) is 0 Å². The van der Waals surface area contributed by atoms with E-state index >= 15 is 0 Å². The summed E-state index contributed by atoms with van der Waals surface area (Å²) in [5.41, 5.74) is -0.844. The molecule has 0 bridgehead atoms. The van der Waals surface area contributed by atoms with Gasteiger partial charge in [-0.15, -0.1) is 0 Å². The van der Waals surface area contributed by atoms with Gasteiger partial charge in [0.2, 0.25) is 6.10 Å². The summed E-state index contributed by atoms with van der Waals surface area (Å²) in [6.45, 7) is -0.265. The molecule has 2 heterocycles. The van der Waals surface area contributed by atoms with Gasteiger partial charge in [0.15, 0.2) is 0 Å². The molecular formula is C13H16N2O6. The maximum atomic E-state index is 12.3. The molecule has 0 aromatic rings. The Kier molecular flexibility index (Phi) is 3.30. The lowest BCUT2D eigenvalue weighted by Crippen LogP contribution is -2.44. The molecule has 3 amide bonds. The Balaban J connectivity index is 1.62. The molecule has 3 rings (SSSR count). The van der Waals surface area contributed by atoms with Gasteiger partial charge in [-0.3, -0.25) is 14.5 Å². The number of urea groups is 1. The first-order chi connectivity index (χ1) is 10.0. The molecule has 1 unspecified atom stereocenters. The summed E-state index contributed by atoms with van der Waals surface area (Å²) in [6, 6.07) is -0.576. The second-order valence-electron chi connectivity index (χ2n) is 5.55. The molecule has 2 saturated heterocycles. The van der Waals surface area contributed by atoms with Crippen molar-refractivity contribution in [1.82, 2.24) is 10.2 Å². The van der Waals surface area contributed by atoms with Crippen LogP contribution in [0.25, 0.3) is 0 Å². The van der Waals surface area contributed by atoms with Crippen LogP contribution in [0.4, 0.5) is 4.79 Å². The molecule has 0 aromatic heterocycles. The first-order valence-corrected chi connectivity index (χ1v) is 7.02. The zero-order chi connectivity index (χ0) is 15.0. The molecule has 8 heteroatoms. The fourth-order valence-electron chi connectivity index (χ4n) is 3.05. The van der Waals surface area contributed by atoms with Gasteiger partial charge in [-0.25, -0.2) is 9.59 Å². The lowest BCUT2D eigenvalue weighted by atomic mass is 9.98. The lowest BCUT2D eigenvalue weighted by Gasteiger charge is -2.19. The van der Waals surface area contributed by atoms with E-state index < -0.39 is 36.2 Å². The first-order valence-electron chi connectivity index (χ1n) is 7.02. The minimum atomic E-state index is -0.932. The second-order valence-corrected chi connectivity index (χ2v) is 5.55. The van der Waals surface area contributed by atoms with Crippen LogP contribution in [0, 0.1) is 0 Å². The van der Waals surface area contributed by atoms with Crippen molar-refractivity contribution in [3.8, 4) is 0 Å². The second kappa shape index (κ2) is 5.01. The Morgan fingerprint density at radius 2 is 2.05 bits per heavy atom. The zero-order valence-corrected chi connectivity index (χ0v) is 11.4. The van der Waals surface area contributed by atoms with Gasteiger partial charge in [0.1, 0.15) is 12.1 Å². The smallest absolute Gasteiger partial charge is 0.347 e. The number of hydrogen-bond donors (Lipinski definition) is 1. The minimum absolute atomic E-state index is 0.211. The van der Waals surface area contributed by atoms with Gasteiger partial charge in [-0.2, -0.15) is 0 Å². The molecule has 3 aliphatic rings. The highest BCUT2D eigenvalue weighted by atomic mass is 16.6. The molecule has 8 nitrogen and oxygen atoms in total. The number of carbonyl (C=O) groups excluding carboxylic acids is 4. The molecular weight excluding hydrogens is 280 g/mol. The maximum absolute atomic E-state index is 12.3. The van der Waals surface area contributed by atoms with E-state index in [1.54, 1.807) is 0 Å². The van der Waals surface area contributed by atoms with E-state index in [-0.39, 0.29) is 12.5 Å². The normalized spacial score (nSPS) is 27.1. The third-order valence-electron chi connectivity index (χ3n) is 4.15. The van der Waals surface area contributed by atoms with Crippen molar-refractivity contribution >= 4 is 23.9 Å². The van der Waals surface area contributed by atoms with Crippen LogP contribution in [0.15, 0.2) is 0 Å². The molecule has 1 atom stereocenters. The number of amides is 3. The van der Waals surface area contributed by atoms with E-state index in [9.17, 15) is 19.2 Å². The van der Waals surface area contributed by atoms with Crippen LogP contribution in [0.2, 0.25) is 0 Å². The highest BCUT2D eigenvalue weighted by Crippen LogP contribution is 2.34. The summed E-state index contributed by atoms with van der Waals surface area (Å²) in [4.78, 5) is 48.1. The van der Waals surface area contributed by atoms with Crippen LogP contribution in [-0.2, 0) is 23.9 Å². The van der Waals surface area contributed by atoms with Gasteiger partial charge < -0.3 is 14.8 Å². The molecule has 0 radical (unpaired) electrons. The summed E-state index contributed by atoms with van der Waals surface area (Å²) < 4.78 is 9.62. The SMILES string of the molecule is O=C(CN1C(=O)NC2(CCCC2)C1=O)OC1CCOC1=O. The predicted octanol–water partition coefficient (Wildman–Crippen LogP) is -0.290. The Bertz CT molecular complexity index is 511. The molecule has 2 aliphatic heterocycles. The number of esters is 2. The maximum Gasteiger partial charge on any atom is 0.347 e. The van der Waals surface area contributed by atoms with Crippen LogP contribution in [-0.4, -0.2) is 53.6 Å². The predicted molar refractivity (Wildman–Crippen MR) is 66.9 cm³/mol. The highest BCUT2D eigenvalue weighted by molar-refractivity contribution is 6.08. The van der Waals surface area contributed by atoms with Crippen molar-refractivity contribution in [2.45, 2.75) is 43.7 Å². The third kappa shape index (κ3) is 2.34.